The van der Waals surface area contributed by atoms with Crippen LogP contribution in [-0.2, 0) is 9.84 Å². The van der Waals surface area contributed by atoms with Crippen LogP contribution in [0.5, 0.6) is 5.75 Å². The highest BCUT2D eigenvalue weighted by Crippen LogP contribution is 2.26. The first-order chi connectivity index (χ1) is 9.50. The molecule has 0 saturated carbocycles. The van der Waals surface area contributed by atoms with E-state index in [0.717, 1.165) is 6.07 Å². The maximum Gasteiger partial charge on any atom is 0.208 e. The average molecular weight is 291 g/mol. The van der Waals surface area contributed by atoms with Gasteiger partial charge in [0.15, 0.2) is 0 Å². The van der Waals surface area contributed by atoms with Crippen LogP contribution in [0.25, 0.3) is 0 Å². The van der Waals surface area contributed by atoms with Gasteiger partial charge in [0.05, 0.1) is 16.9 Å². The Morgan fingerprint density at radius 3 is 2.35 bits per heavy atom. The van der Waals surface area contributed by atoms with Crippen molar-refractivity contribution in [3.63, 3.8) is 0 Å². The second kappa shape index (κ2) is 5.31. The van der Waals surface area contributed by atoms with Crippen molar-refractivity contribution in [2.75, 3.05) is 7.11 Å². The Bertz CT molecular complexity index is 777. The van der Waals surface area contributed by atoms with Gasteiger partial charge in [0, 0.05) is 0 Å². The van der Waals surface area contributed by atoms with Crippen molar-refractivity contribution in [2.45, 2.75) is 9.79 Å². The third kappa shape index (κ3) is 2.36. The van der Waals surface area contributed by atoms with Crippen molar-refractivity contribution in [1.82, 2.24) is 0 Å². The molecule has 20 heavy (non-hydrogen) atoms. The summed E-state index contributed by atoms with van der Waals surface area (Å²) in [5, 5.41) is 8.92. The minimum Gasteiger partial charge on any atom is -0.497 e. The second-order valence-corrected chi connectivity index (χ2v) is 5.82. The van der Waals surface area contributed by atoms with Gasteiger partial charge in [-0.1, -0.05) is 6.07 Å². The van der Waals surface area contributed by atoms with Crippen LogP contribution in [0.3, 0.4) is 0 Å². The number of hydrogen-bond donors (Lipinski definition) is 0. The number of nitriles is 1. The summed E-state index contributed by atoms with van der Waals surface area (Å²) in [6.07, 6.45) is 0. The first-order valence-electron chi connectivity index (χ1n) is 5.58. The quantitative estimate of drug-likeness (QED) is 0.871. The minimum atomic E-state index is -3.95. The molecule has 0 aliphatic carbocycles. The van der Waals surface area contributed by atoms with Crippen LogP contribution in [0, 0.1) is 17.1 Å². The summed E-state index contributed by atoms with van der Waals surface area (Å²) in [7, 11) is -2.49. The number of hydrogen-bond acceptors (Lipinski definition) is 4. The summed E-state index contributed by atoms with van der Waals surface area (Å²) >= 11 is 0. The number of nitrogens with zero attached hydrogens (tertiary/aromatic N) is 1. The van der Waals surface area contributed by atoms with E-state index < -0.39 is 21.2 Å². The molecule has 102 valence electrons. The molecule has 0 heterocycles. The number of methoxy groups -OCH3 is 1. The molecule has 0 unspecified atom stereocenters. The van der Waals surface area contributed by atoms with E-state index in [0.29, 0.717) is 5.75 Å². The lowest BCUT2D eigenvalue weighted by atomic mass is 10.2. The molecule has 2 aromatic carbocycles. The fraction of sp³-hybridized carbons (Fsp3) is 0.0714. The van der Waals surface area contributed by atoms with Crippen LogP contribution in [-0.4, -0.2) is 15.5 Å². The van der Waals surface area contributed by atoms with E-state index in [9.17, 15) is 12.8 Å². The van der Waals surface area contributed by atoms with Crippen LogP contribution < -0.4 is 4.74 Å². The molecule has 0 bridgehead atoms. The molecule has 6 heteroatoms. The van der Waals surface area contributed by atoms with E-state index in [-0.39, 0.29) is 9.79 Å². The van der Waals surface area contributed by atoms with Crippen molar-refractivity contribution in [2.24, 2.45) is 0 Å². The lowest BCUT2D eigenvalue weighted by molar-refractivity contribution is 0.414. The van der Waals surface area contributed by atoms with E-state index in [1.54, 1.807) is 6.07 Å². The number of sulfone groups is 1. The van der Waals surface area contributed by atoms with Crippen molar-refractivity contribution in [1.29, 1.82) is 5.26 Å². The third-order valence-corrected chi connectivity index (χ3v) is 4.56. The molecule has 0 saturated heterocycles. The number of rotatable bonds is 3. The lowest BCUT2D eigenvalue weighted by Gasteiger charge is -2.07. The number of halogens is 1. The van der Waals surface area contributed by atoms with Gasteiger partial charge in [-0.25, -0.2) is 12.8 Å². The molecule has 0 aromatic heterocycles. The van der Waals surface area contributed by atoms with Gasteiger partial charge >= 0.3 is 0 Å². The smallest absolute Gasteiger partial charge is 0.208 e. The third-order valence-electron chi connectivity index (χ3n) is 2.75. The van der Waals surface area contributed by atoms with Gasteiger partial charge in [-0.05, 0) is 36.4 Å². The lowest BCUT2D eigenvalue weighted by Crippen LogP contribution is -2.05. The predicted octanol–water partition coefficient (Wildman–Crippen LogP) is 2.54. The molecular formula is C14H10FNO3S. The molecule has 2 aromatic rings. The molecule has 0 fully saturated rings. The summed E-state index contributed by atoms with van der Waals surface area (Å²) in [6.45, 7) is 0. The molecule has 0 N–H and O–H groups in total. The van der Waals surface area contributed by atoms with E-state index in [1.165, 1.54) is 43.5 Å². The monoisotopic (exact) mass is 291 g/mol. The van der Waals surface area contributed by atoms with Crippen LogP contribution in [0.2, 0.25) is 0 Å². The Labute approximate surface area is 116 Å². The van der Waals surface area contributed by atoms with Crippen LogP contribution >= 0.6 is 0 Å². The van der Waals surface area contributed by atoms with E-state index in [1.807, 2.05) is 0 Å². The summed E-state index contributed by atoms with van der Waals surface area (Å²) in [5.74, 6) is -0.356. The summed E-state index contributed by atoms with van der Waals surface area (Å²) < 4.78 is 43.3. The Kier molecular flexibility index (Phi) is 3.72. The van der Waals surface area contributed by atoms with Crippen molar-refractivity contribution < 1.29 is 17.5 Å². The zero-order chi connectivity index (χ0) is 14.8. The van der Waals surface area contributed by atoms with Gasteiger partial charge in [0.25, 0.3) is 0 Å². The topological polar surface area (TPSA) is 67.2 Å². The van der Waals surface area contributed by atoms with Crippen LogP contribution in [0.1, 0.15) is 5.56 Å². The van der Waals surface area contributed by atoms with Gasteiger partial charge in [0.1, 0.15) is 23.2 Å². The highest BCUT2D eigenvalue weighted by atomic mass is 32.2. The van der Waals surface area contributed by atoms with Crippen LogP contribution in [0.4, 0.5) is 4.39 Å². The Morgan fingerprint density at radius 1 is 1.15 bits per heavy atom. The van der Waals surface area contributed by atoms with Crippen molar-refractivity contribution >= 4 is 9.84 Å². The molecule has 0 atom stereocenters. The zero-order valence-corrected chi connectivity index (χ0v) is 11.3. The van der Waals surface area contributed by atoms with Gasteiger partial charge in [-0.2, -0.15) is 5.26 Å². The van der Waals surface area contributed by atoms with Gasteiger partial charge in [0.2, 0.25) is 9.84 Å². The van der Waals surface area contributed by atoms with Crippen LogP contribution in [0.15, 0.2) is 52.3 Å². The van der Waals surface area contributed by atoms with E-state index in [4.69, 9.17) is 10.00 Å². The summed E-state index contributed by atoms with van der Waals surface area (Å²) in [5.41, 5.74) is -0.483. The Morgan fingerprint density at radius 2 is 1.80 bits per heavy atom. The van der Waals surface area contributed by atoms with Crippen molar-refractivity contribution in [3.05, 3.63) is 53.8 Å². The molecular weight excluding hydrogens is 281 g/mol. The molecule has 2 rings (SSSR count). The van der Waals surface area contributed by atoms with E-state index in [2.05, 4.69) is 0 Å². The highest BCUT2D eigenvalue weighted by Gasteiger charge is 2.23. The molecule has 0 spiro atoms. The normalized spacial score (nSPS) is 10.8. The maximum atomic E-state index is 13.5. The van der Waals surface area contributed by atoms with E-state index >= 15 is 0 Å². The average Bonchev–Trinajstić information content (AvgIpc) is 2.47. The largest absolute Gasteiger partial charge is 0.497 e. The Balaban J connectivity index is 2.61. The summed E-state index contributed by atoms with van der Waals surface area (Å²) in [4.78, 5) is -0.370. The summed E-state index contributed by atoms with van der Waals surface area (Å²) in [6, 6.07) is 10.8. The SMILES string of the molecule is COc1ccc(S(=O)(=O)c2cccc(F)c2C#N)cc1. The predicted molar refractivity (Wildman–Crippen MR) is 69.6 cm³/mol. The number of ether oxygens (including phenoxy) is 1. The fourth-order valence-corrected chi connectivity index (χ4v) is 3.14. The molecule has 0 aliphatic rings. The van der Waals surface area contributed by atoms with Gasteiger partial charge in [-0.3, -0.25) is 0 Å². The first kappa shape index (κ1) is 14.0. The molecule has 0 amide bonds. The highest BCUT2D eigenvalue weighted by molar-refractivity contribution is 7.91. The fourth-order valence-electron chi connectivity index (χ4n) is 1.72. The number of benzene rings is 2. The van der Waals surface area contributed by atoms with Gasteiger partial charge < -0.3 is 4.74 Å². The van der Waals surface area contributed by atoms with Crippen molar-refractivity contribution in [3.8, 4) is 11.8 Å². The Hall–Kier alpha value is -2.39. The second-order valence-electron chi connectivity index (χ2n) is 3.90. The zero-order valence-electron chi connectivity index (χ0n) is 10.5. The molecule has 0 aliphatic heterocycles. The van der Waals surface area contributed by atoms with Gasteiger partial charge in [-0.15, -0.1) is 0 Å². The standard InChI is InChI=1S/C14H10FNO3S/c1-19-10-5-7-11(8-6-10)20(17,18)14-4-2-3-13(15)12(14)9-16/h2-8H,1H3. The molecule has 4 nitrogen and oxygen atoms in total. The minimum absolute atomic E-state index is 0.0274. The molecule has 0 radical (unpaired) electrons. The maximum absolute atomic E-state index is 13.5. The first-order valence-corrected chi connectivity index (χ1v) is 7.07.